The highest BCUT2D eigenvalue weighted by Crippen LogP contribution is 2.28. The number of hydrogen-bond donors (Lipinski definition) is 1. The van der Waals surface area contributed by atoms with Crippen molar-refractivity contribution in [3.8, 4) is 16.9 Å². The summed E-state index contributed by atoms with van der Waals surface area (Å²) in [6, 6.07) is 16.1. The Kier molecular flexibility index (Phi) is 7.70. The van der Waals surface area contributed by atoms with Gasteiger partial charge in [0.1, 0.15) is 6.54 Å². The molecule has 1 saturated heterocycles. The van der Waals surface area contributed by atoms with Crippen molar-refractivity contribution in [1.29, 1.82) is 0 Å². The van der Waals surface area contributed by atoms with E-state index in [4.69, 9.17) is 9.72 Å². The van der Waals surface area contributed by atoms with Crippen molar-refractivity contribution in [2.45, 2.75) is 58.5 Å². The fraction of sp³-hybridized carbons (Fsp3) is 0.433. The van der Waals surface area contributed by atoms with E-state index in [0.717, 1.165) is 67.6 Å². The zero-order valence-corrected chi connectivity index (χ0v) is 21.8. The van der Waals surface area contributed by atoms with Crippen LogP contribution >= 0.6 is 0 Å². The van der Waals surface area contributed by atoms with Crippen molar-refractivity contribution >= 4 is 17.8 Å². The van der Waals surface area contributed by atoms with Crippen molar-refractivity contribution in [2.75, 3.05) is 25.0 Å². The topological polar surface area (TPSA) is 76.5 Å². The number of benzene rings is 2. The minimum absolute atomic E-state index is 0.000330. The van der Waals surface area contributed by atoms with Gasteiger partial charge in [-0.15, -0.1) is 0 Å². The second-order valence-electron chi connectivity index (χ2n) is 10.3. The first kappa shape index (κ1) is 25.2. The van der Waals surface area contributed by atoms with Gasteiger partial charge in [-0.2, -0.15) is 0 Å². The molecule has 1 saturated carbocycles. The highest BCUT2D eigenvalue weighted by Gasteiger charge is 2.31. The van der Waals surface area contributed by atoms with E-state index in [9.17, 15) is 9.59 Å². The van der Waals surface area contributed by atoms with Crippen molar-refractivity contribution in [1.82, 2.24) is 14.5 Å². The smallest absolute Gasteiger partial charge is 0.246 e. The second kappa shape index (κ2) is 11.3. The van der Waals surface area contributed by atoms with Crippen LogP contribution in [0.4, 0.5) is 5.95 Å². The molecule has 7 heteroatoms. The quantitative estimate of drug-likeness (QED) is 0.456. The van der Waals surface area contributed by atoms with E-state index in [-0.39, 0.29) is 30.4 Å². The Morgan fingerprint density at radius 2 is 1.81 bits per heavy atom. The summed E-state index contributed by atoms with van der Waals surface area (Å²) in [6.45, 7) is 5.33. The number of carbonyl (C=O) groups is 2. The monoisotopic (exact) mass is 500 g/mol. The molecule has 1 unspecified atom stereocenters. The van der Waals surface area contributed by atoms with Crippen LogP contribution in [0.2, 0.25) is 0 Å². The Bertz CT molecular complexity index is 1240. The van der Waals surface area contributed by atoms with E-state index in [1.807, 2.05) is 47.2 Å². The summed E-state index contributed by atoms with van der Waals surface area (Å²) in [5, 5.41) is 3.01. The molecule has 2 amide bonds. The van der Waals surface area contributed by atoms with Crippen LogP contribution in [0.3, 0.4) is 0 Å². The lowest BCUT2D eigenvalue weighted by atomic mass is 10.1. The van der Waals surface area contributed by atoms with Gasteiger partial charge in [0, 0.05) is 36.5 Å². The van der Waals surface area contributed by atoms with Gasteiger partial charge in [0.2, 0.25) is 17.8 Å². The summed E-state index contributed by atoms with van der Waals surface area (Å²) in [6.07, 6.45) is 7.83. The SMILES string of the molecule is Cc1ccc(-n2cc(-c3ccccc3)nc2NC(=O)CN(CC2CCCO2)C(=O)C2CCCC2)cc1C. The van der Waals surface area contributed by atoms with E-state index in [2.05, 4.69) is 31.3 Å². The number of aromatic nitrogens is 2. The number of nitrogens with zero attached hydrogens (tertiary/aromatic N) is 3. The Morgan fingerprint density at radius 3 is 2.51 bits per heavy atom. The summed E-state index contributed by atoms with van der Waals surface area (Å²) in [5.74, 6) is 0.277. The molecule has 1 aliphatic heterocycles. The van der Waals surface area contributed by atoms with Crippen LogP contribution in [-0.2, 0) is 14.3 Å². The maximum Gasteiger partial charge on any atom is 0.246 e. The number of nitrogens with one attached hydrogen (secondary N) is 1. The first-order valence-electron chi connectivity index (χ1n) is 13.4. The number of carbonyl (C=O) groups excluding carboxylic acids is 2. The number of ether oxygens (including phenoxy) is 1. The molecule has 3 aromatic rings. The molecule has 7 nitrogen and oxygen atoms in total. The van der Waals surface area contributed by atoms with Crippen molar-refractivity contribution in [3.05, 3.63) is 65.9 Å². The maximum atomic E-state index is 13.4. The fourth-order valence-corrected chi connectivity index (χ4v) is 5.32. The van der Waals surface area contributed by atoms with Crippen molar-refractivity contribution < 1.29 is 14.3 Å². The summed E-state index contributed by atoms with van der Waals surface area (Å²) in [5.41, 5.74) is 5.03. The predicted molar refractivity (Wildman–Crippen MR) is 145 cm³/mol. The van der Waals surface area contributed by atoms with Gasteiger partial charge in [0.05, 0.1) is 11.8 Å². The Hall–Kier alpha value is -3.45. The Morgan fingerprint density at radius 1 is 1.03 bits per heavy atom. The third kappa shape index (κ3) is 5.93. The fourth-order valence-electron chi connectivity index (χ4n) is 5.32. The maximum absolute atomic E-state index is 13.4. The second-order valence-corrected chi connectivity index (χ2v) is 10.3. The number of aryl methyl sites for hydroxylation is 2. The normalized spacial score (nSPS) is 17.7. The van der Waals surface area contributed by atoms with E-state index >= 15 is 0 Å². The lowest BCUT2D eigenvalue weighted by Crippen LogP contribution is -2.44. The van der Waals surface area contributed by atoms with Crippen LogP contribution in [0, 0.1) is 19.8 Å². The molecule has 194 valence electrons. The van der Waals surface area contributed by atoms with Gasteiger partial charge in [-0.05, 0) is 62.8 Å². The highest BCUT2D eigenvalue weighted by atomic mass is 16.5. The first-order chi connectivity index (χ1) is 18.0. The molecule has 2 aliphatic rings. The summed E-state index contributed by atoms with van der Waals surface area (Å²) in [7, 11) is 0. The molecule has 2 heterocycles. The molecular weight excluding hydrogens is 464 g/mol. The molecule has 0 spiro atoms. The molecule has 2 aromatic carbocycles. The molecule has 1 aromatic heterocycles. The standard InChI is InChI=1S/C30H36N4O3/c1-21-14-15-25(17-22(21)2)34-19-27(23-9-4-3-5-10-23)31-30(34)32-28(35)20-33(18-26-13-8-16-37-26)29(36)24-11-6-7-12-24/h3-5,9-10,14-15,17,19,24,26H,6-8,11-13,16,18,20H2,1-2H3,(H,31,32,35). The van der Waals surface area contributed by atoms with Crippen LogP contribution in [0.15, 0.2) is 54.7 Å². The van der Waals surface area contributed by atoms with Gasteiger partial charge < -0.3 is 9.64 Å². The molecule has 1 N–H and O–H groups in total. The molecule has 1 aliphatic carbocycles. The molecule has 2 fully saturated rings. The minimum Gasteiger partial charge on any atom is -0.376 e. The van der Waals surface area contributed by atoms with Crippen LogP contribution in [-0.4, -0.2) is 52.1 Å². The van der Waals surface area contributed by atoms with E-state index in [1.54, 1.807) is 4.90 Å². The highest BCUT2D eigenvalue weighted by molar-refractivity contribution is 5.94. The molecule has 37 heavy (non-hydrogen) atoms. The number of amides is 2. The molecule has 1 atom stereocenters. The zero-order valence-electron chi connectivity index (χ0n) is 21.8. The average molecular weight is 501 g/mol. The van der Waals surface area contributed by atoms with Crippen molar-refractivity contribution in [2.24, 2.45) is 5.92 Å². The summed E-state index contributed by atoms with van der Waals surface area (Å²) >= 11 is 0. The van der Waals surface area contributed by atoms with Gasteiger partial charge in [-0.25, -0.2) is 4.98 Å². The molecule has 5 rings (SSSR count). The first-order valence-corrected chi connectivity index (χ1v) is 13.4. The average Bonchev–Trinajstić information content (AvgIpc) is 3.68. The lowest BCUT2D eigenvalue weighted by Gasteiger charge is -2.27. The third-order valence-corrected chi connectivity index (χ3v) is 7.59. The van der Waals surface area contributed by atoms with E-state index < -0.39 is 0 Å². The van der Waals surface area contributed by atoms with Gasteiger partial charge in [0.15, 0.2) is 0 Å². The van der Waals surface area contributed by atoms with Crippen LogP contribution in [0.5, 0.6) is 0 Å². The van der Waals surface area contributed by atoms with Crippen LogP contribution in [0.1, 0.15) is 49.7 Å². The lowest BCUT2D eigenvalue weighted by molar-refractivity contribution is -0.139. The number of anilines is 1. The minimum atomic E-state index is -0.250. The number of rotatable bonds is 8. The van der Waals surface area contributed by atoms with Gasteiger partial charge in [0.25, 0.3) is 0 Å². The Labute approximate surface area is 218 Å². The van der Waals surface area contributed by atoms with Gasteiger partial charge in [-0.3, -0.25) is 19.5 Å². The van der Waals surface area contributed by atoms with E-state index in [0.29, 0.717) is 12.5 Å². The Balaban J connectivity index is 1.40. The van der Waals surface area contributed by atoms with Gasteiger partial charge in [-0.1, -0.05) is 49.2 Å². The van der Waals surface area contributed by atoms with E-state index in [1.165, 1.54) is 5.56 Å². The summed E-state index contributed by atoms with van der Waals surface area (Å²) in [4.78, 5) is 33.2. The zero-order chi connectivity index (χ0) is 25.8. The van der Waals surface area contributed by atoms with Crippen LogP contribution < -0.4 is 5.32 Å². The molecule has 0 radical (unpaired) electrons. The largest absolute Gasteiger partial charge is 0.376 e. The predicted octanol–water partition coefficient (Wildman–Crippen LogP) is 5.29. The molecular formula is C30H36N4O3. The third-order valence-electron chi connectivity index (χ3n) is 7.59. The number of hydrogen-bond acceptors (Lipinski definition) is 4. The van der Waals surface area contributed by atoms with Crippen molar-refractivity contribution in [3.63, 3.8) is 0 Å². The van der Waals surface area contributed by atoms with Crippen LogP contribution in [0.25, 0.3) is 16.9 Å². The van der Waals surface area contributed by atoms with Gasteiger partial charge >= 0.3 is 0 Å². The summed E-state index contributed by atoms with van der Waals surface area (Å²) < 4.78 is 7.72. The number of imidazole rings is 1. The molecule has 0 bridgehead atoms.